The summed E-state index contributed by atoms with van der Waals surface area (Å²) in [5.41, 5.74) is 1.00. The largest absolute Gasteiger partial charge is 0.445 e. The molecule has 1 aliphatic heterocycles. The van der Waals surface area contributed by atoms with Crippen molar-refractivity contribution in [1.82, 2.24) is 19.9 Å². The lowest BCUT2D eigenvalue weighted by Crippen LogP contribution is -2.39. The third-order valence-electron chi connectivity index (χ3n) is 3.80. The van der Waals surface area contributed by atoms with E-state index in [9.17, 15) is 4.79 Å². The van der Waals surface area contributed by atoms with Crippen LogP contribution in [0.4, 0.5) is 4.79 Å². The first-order valence-electron chi connectivity index (χ1n) is 7.25. The Morgan fingerprint density at radius 3 is 2.64 bits per heavy atom. The minimum Gasteiger partial charge on any atom is -0.445 e. The Morgan fingerprint density at radius 2 is 2.00 bits per heavy atom. The fraction of sp³-hybridized carbons (Fsp3) is 0.400. The smallest absolute Gasteiger partial charge is 0.410 e. The number of nitrogens with zero attached hydrogens (tertiary/aromatic N) is 4. The van der Waals surface area contributed by atoms with E-state index in [1.165, 1.54) is 0 Å². The number of hydrogen-bond donors (Lipinski definition) is 0. The van der Waals surface area contributed by atoms with Gasteiger partial charge in [0.2, 0.25) is 0 Å². The second-order valence-electron chi connectivity index (χ2n) is 5.26. The minimum atomic E-state index is -0.240. The maximum absolute atomic E-state index is 12.1. The van der Waals surface area contributed by atoms with Crippen LogP contribution in [0, 0.1) is 3.70 Å². The number of aromatic nitrogens is 3. The molecule has 0 atom stereocenters. The molecule has 1 fully saturated rings. The number of ether oxygens (including phenoxy) is 1. The van der Waals surface area contributed by atoms with E-state index in [1.54, 1.807) is 11.1 Å². The Kier molecular flexibility index (Phi) is 4.91. The molecule has 1 amide bonds. The number of benzene rings is 1. The molecule has 0 radical (unpaired) electrons. The van der Waals surface area contributed by atoms with Crippen LogP contribution in [0.5, 0.6) is 0 Å². The van der Waals surface area contributed by atoms with E-state index >= 15 is 0 Å². The van der Waals surface area contributed by atoms with Gasteiger partial charge in [-0.25, -0.2) is 9.48 Å². The number of hydrogen-bond acceptors (Lipinski definition) is 4. The molecular formula is C15H17IN4O2. The van der Waals surface area contributed by atoms with Crippen molar-refractivity contribution < 1.29 is 9.53 Å². The summed E-state index contributed by atoms with van der Waals surface area (Å²) in [4.78, 5) is 13.9. The fourth-order valence-corrected chi connectivity index (χ4v) is 3.20. The van der Waals surface area contributed by atoms with Gasteiger partial charge < -0.3 is 9.64 Å². The van der Waals surface area contributed by atoms with E-state index in [-0.39, 0.29) is 6.09 Å². The zero-order valence-corrected chi connectivity index (χ0v) is 14.2. The zero-order chi connectivity index (χ0) is 15.4. The molecule has 0 saturated carbocycles. The maximum Gasteiger partial charge on any atom is 0.410 e. The monoisotopic (exact) mass is 412 g/mol. The second kappa shape index (κ2) is 7.08. The van der Waals surface area contributed by atoms with Gasteiger partial charge in [0.25, 0.3) is 0 Å². The number of likely N-dealkylation sites (tertiary alicyclic amines) is 1. The van der Waals surface area contributed by atoms with Crippen molar-refractivity contribution in [2.45, 2.75) is 25.5 Å². The maximum atomic E-state index is 12.1. The van der Waals surface area contributed by atoms with Gasteiger partial charge in [-0.05, 0) is 41.0 Å². The predicted octanol–water partition coefficient (Wildman–Crippen LogP) is 2.86. The summed E-state index contributed by atoms with van der Waals surface area (Å²) in [5, 5.41) is 8.02. The first kappa shape index (κ1) is 15.3. The summed E-state index contributed by atoms with van der Waals surface area (Å²) in [7, 11) is 0. The van der Waals surface area contributed by atoms with Gasteiger partial charge in [-0.1, -0.05) is 35.5 Å². The zero-order valence-electron chi connectivity index (χ0n) is 12.1. The SMILES string of the molecule is O=C(OCc1ccccc1)N1CCC(n2nncc2I)CC1. The lowest BCUT2D eigenvalue weighted by atomic mass is 10.1. The molecule has 2 heterocycles. The van der Waals surface area contributed by atoms with E-state index in [0.717, 1.165) is 22.1 Å². The molecule has 22 heavy (non-hydrogen) atoms. The quantitative estimate of drug-likeness (QED) is 0.728. The first-order chi connectivity index (χ1) is 10.7. The van der Waals surface area contributed by atoms with Crippen LogP contribution in [0.15, 0.2) is 36.5 Å². The molecule has 1 aromatic carbocycles. The topological polar surface area (TPSA) is 60.2 Å². The highest BCUT2D eigenvalue weighted by molar-refractivity contribution is 14.1. The Balaban J connectivity index is 1.49. The lowest BCUT2D eigenvalue weighted by molar-refractivity contribution is 0.0817. The molecule has 2 aromatic rings. The van der Waals surface area contributed by atoms with Crippen molar-refractivity contribution in [1.29, 1.82) is 0 Å². The number of amides is 1. The van der Waals surface area contributed by atoms with Gasteiger partial charge in [-0.15, -0.1) is 5.10 Å². The van der Waals surface area contributed by atoms with Crippen molar-refractivity contribution in [3.8, 4) is 0 Å². The van der Waals surface area contributed by atoms with Crippen molar-refractivity contribution in [2.75, 3.05) is 13.1 Å². The van der Waals surface area contributed by atoms with Crippen molar-refractivity contribution >= 4 is 28.7 Å². The van der Waals surface area contributed by atoms with E-state index in [0.29, 0.717) is 25.7 Å². The summed E-state index contributed by atoms with van der Waals surface area (Å²) < 4.78 is 8.34. The standard InChI is InChI=1S/C15H17IN4O2/c16-14-10-17-18-20(14)13-6-8-19(9-7-13)15(21)22-11-12-4-2-1-3-5-12/h1-5,10,13H,6-9,11H2. The van der Waals surface area contributed by atoms with Crippen molar-refractivity contribution in [3.05, 3.63) is 45.8 Å². The number of piperidine rings is 1. The fourth-order valence-electron chi connectivity index (χ4n) is 2.58. The molecule has 0 bridgehead atoms. The van der Waals surface area contributed by atoms with E-state index in [1.807, 2.05) is 35.0 Å². The Morgan fingerprint density at radius 1 is 1.27 bits per heavy atom. The van der Waals surface area contributed by atoms with Crippen LogP contribution in [-0.4, -0.2) is 39.1 Å². The van der Waals surface area contributed by atoms with Gasteiger partial charge in [-0.2, -0.15) is 0 Å². The van der Waals surface area contributed by atoms with Gasteiger partial charge >= 0.3 is 6.09 Å². The average Bonchev–Trinajstić information content (AvgIpc) is 3.00. The van der Waals surface area contributed by atoms with Crippen LogP contribution < -0.4 is 0 Å². The Labute approximate surface area is 142 Å². The van der Waals surface area contributed by atoms with Gasteiger partial charge in [0, 0.05) is 13.1 Å². The average molecular weight is 412 g/mol. The molecule has 1 aromatic heterocycles. The summed E-state index contributed by atoms with van der Waals surface area (Å²) in [5.74, 6) is 0. The molecule has 1 aliphatic rings. The van der Waals surface area contributed by atoms with E-state index < -0.39 is 0 Å². The highest BCUT2D eigenvalue weighted by Crippen LogP contribution is 2.23. The van der Waals surface area contributed by atoms with Crippen LogP contribution in [0.25, 0.3) is 0 Å². The number of rotatable bonds is 3. The highest BCUT2D eigenvalue weighted by atomic mass is 127. The molecule has 0 N–H and O–H groups in total. The summed E-state index contributed by atoms with van der Waals surface area (Å²) >= 11 is 2.23. The normalized spacial score (nSPS) is 15.8. The molecule has 3 rings (SSSR count). The Hall–Kier alpha value is -1.64. The molecule has 6 nitrogen and oxygen atoms in total. The molecule has 0 spiro atoms. The van der Waals surface area contributed by atoms with Gasteiger partial charge in [0.05, 0.1) is 12.2 Å². The van der Waals surface area contributed by atoms with Crippen LogP contribution in [0.2, 0.25) is 0 Å². The first-order valence-corrected chi connectivity index (χ1v) is 8.33. The van der Waals surface area contributed by atoms with E-state index in [4.69, 9.17) is 4.74 Å². The lowest BCUT2D eigenvalue weighted by Gasteiger charge is -2.31. The van der Waals surface area contributed by atoms with Crippen LogP contribution in [0.3, 0.4) is 0 Å². The highest BCUT2D eigenvalue weighted by Gasteiger charge is 2.26. The van der Waals surface area contributed by atoms with Gasteiger partial charge in [0.1, 0.15) is 10.3 Å². The van der Waals surface area contributed by atoms with E-state index in [2.05, 4.69) is 32.9 Å². The molecule has 0 unspecified atom stereocenters. The van der Waals surface area contributed by atoms with Crippen LogP contribution in [0.1, 0.15) is 24.4 Å². The summed E-state index contributed by atoms with van der Waals surface area (Å²) in [6, 6.07) is 10.0. The van der Waals surface area contributed by atoms with Crippen LogP contribution >= 0.6 is 22.6 Å². The predicted molar refractivity (Wildman–Crippen MR) is 89.2 cm³/mol. The van der Waals surface area contributed by atoms with Gasteiger partial charge in [0.15, 0.2) is 0 Å². The minimum absolute atomic E-state index is 0.240. The summed E-state index contributed by atoms with van der Waals surface area (Å²) in [6.45, 7) is 1.70. The Bertz CT molecular complexity index is 623. The van der Waals surface area contributed by atoms with Crippen molar-refractivity contribution in [3.63, 3.8) is 0 Å². The molecular weight excluding hydrogens is 395 g/mol. The summed E-state index contributed by atoms with van der Waals surface area (Å²) in [6.07, 6.45) is 3.26. The number of halogens is 1. The number of carbonyl (C=O) groups excluding carboxylic acids is 1. The second-order valence-corrected chi connectivity index (χ2v) is 6.36. The van der Waals surface area contributed by atoms with Crippen LogP contribution in [-0.2, 0) is 11.3 Å². The van der Waals surface area contributed by atoms with Crippen molar-refractivity contribution in [2.24, 2.45) is 0 Å². The molecule has 0 aliphatic carbocycles. The molecule has 7 heteroatoms. The van der Waals surface area contributed by atoms with Gasteiger partial charge in [-0.3, -0.25) is 0 Å². The molecule has 1 saturated heterocycles. The third-order valence-corrected chi connectivity index (χ3v) is 4.58. The third kappa shape index (κ3) is 3.57. The number of carbonyl (C=O) groups is 1. The molecule has 116 valence electrons.